The third-order valence-corrected chi connectivity index (χ3v) is 3.84. The van der Waals surface area contributed by atoms with E-state index in [2.05, 4.69) is 32.3 Å². The first-order chi connectivity index (χ1) is 10.7. The first-order valence-electron chi connectivity index (χ1n) is 7.53. The van der Waals surface area contributed by atoms with Crippen LogP contribution >= 0.6 is 0 Å². The van der Waals surface area contributed by atoms with Crippen molar-refractivity contribution < 1.29 is 0 Å². The summed E-state index contributed by atoms with van der Waals surface area (Å²) in [7, 11) is 0. The van der Waals surface area contributed by atoms with Crippen molar-refractivity contribution in [1.82, 2.24) is 15.0 Å². The standard InChI is InChI=1S/C17H19N5/c1-3-11-7-5-6-8-13(11)15(12-9-10-12)21-17-20-14(4-2)19-16(18)22-17/h1,5-8,12,15H,4,9-10H2,2H3,(H3,18,19,20,21,22). The van der Waals surface area contributed by atoms with Crippen LogP contribution in [0.5, 0.6) is 0 Å². The van der Waals surface area contributed by atoms with Gasteiger partial charge in [0.1, 0.15) is 5.82 Å². The molecule has 0 spiro atoms. The predicted molar refractivity (Wildman–Crippen MR) is 87.1 cm³/mol. The third-order valence-electron chi connectivity index (χ3n) is 3.84. The zero-order valence-corrected chi connectivity index (χ0v) is 12.6. The van der Waals surface area contributed by atoms with Crippen LogP contribution in [-0.4, -0.2) is 15.0 Å². The van der Waals surface area contributed by atoms with Crippen molar-refractivity contribution in [2.24, 2.45) is 5.92 Å². The first kappa shape index (κ1) is 14.3. The number of nitrogens with two attached hydrogens (primary N) is 1. The Morgan fingerprint density at radius 3 is 2.77 bits per heavy atom. The number of nitrogens with zero attached hydrogens (tertiary/aromatic N) is 3. The highest BCUT2D eigenvalue weighted by Crippen LogP contribution is 2.43. The van der Waals surface area contributed by atoms with E-state index in [0.717, 1.165) is 17.5 Å². The lowest BCUT2D eigenvalue weighted by Crippen LogP contribution is -2.17. The Kier molecular flexibility index (Phi) is 3.92. The zero-order valence-electron chi connectivity index (χ0n) is 12.6. The second kappa shape index (κ2) is 6.02. The van der Waals surface area contributed by atoms with Gasteiger partial charge in [0.05, 0.1) is 6.04 Å². The topological polar surface area (TPSA) is 76.7 Å². The maximum atomic E-state index is 5.76. The largest absolute Gasteiger partial charge is 0.368 e. The summed E-state index contributed by atoms with van der Waals surface area (Å²) in [6, 6.07) is 8.10. The van der Waals surface area contributed by atoms with E-state index < -0.39 is 0 Å². The highest BCUT2D eigenvalue weighted by molar-refractivity contribution is 5.46. The molecule has 0 radical (unpaired) electrons. The van der Waals surface area contributed by atoms with Gasteiger partial charge in [-0.15, -0.1) is 6.42 Å². The highest BCUT2D eigenvalue weighted by Gasteiger charge is 2.34. The average molecular weight is 293 g/mol. The van der Waals surface area contributed by atoms with Gasteiger partial charge in [-0.25, -0.2) is 0 Å². The summed E-state index contributed by atoms with van der Waals surface area (Å²) in [6.45, 7) is 1.99. The maximum Gasteiger partial charge on any atom is 0.228 e. The number of hydrogen-bond donors (Lipinski definition) is 2. The van der Waals surface area contributed by atoms with Crippen molar-refractivity contribution >= 4 is 11.9 Å². The van der Waals surface area contributed by atoms with Crippen molar-refractivity contribution in [3.8, 4) is 12.3 Å². The minimum atomic E-state index is 0.110. The van der Waals surface area contributed by atoms with Crippen molar-refractivity contribution in [3.05, 3.63) is 41.2 Å². The molecule has 5 heteroatoms. The van der Waals surface area contributed by atoms with E-state index in [1.54, 1.807) is 0 Å². The number of aromatic nitrogens is 3. The Balaban J connectivity index is 1.93. The van der Waals surface area contributed by atoms with Crippen LogP contribution in [0.3, 0.4) is 0 Å². The minimum Gasteiger partial charge on any atom is -0.368 e. The Bertz CT molecular complexity index is 715. The van der Waals surface area contributed by atoms with Gasteiger partial charge in [-0.2, -0.15) is 15.0 Å². The Morgan fingerprint density at radius 1 is 1.32 bits per heavy atom. The van der Waals surface area contributed by atoms with Gasteiger partial charge in [0, 0.05) is 12.0 Å². The summed E-state index contributed by atoms with van der Waals surface area (Å²) in [5.74, 6) is 4.77. The molecular formula is C17H19N5. The fraction of sp³-hybridized carbons (Fsp3) is 0.353. The van der Waals surface area contributed by atoms with Gasteiger partial charge >= 0.3 is 0 Å². The predicted octanol–water partition coefficient (Wildman–Crippen LogP) is 2.56. The Labute approximate surface area is 130 Å². The molecule has 1 atom stereocenters. The summed E-state index contributed by atoms with van der Waals surface area (Å²) in [6.07, 6.45) is 8.71. The molecule has 1 aliphatic rings. The van der Waals surface area contributed by atoms with E-state index in [9.17, 15) is 0 Å². The molecule has 3 N–H and O–H groups in total. The molecule has 22 heavy (non-hydrogen) atoms. The van der Waals surface area contributed by atoms with Gasteiger partial charge in [-0.1, -0.05) is 31.0 Å². The fourth-order valence-electron chi connectivity index (χ4n) is 2.58. The lowest BCUT2D eigenvalue weighted by molar-refractivity contribution is 0.667. The van der Waals surface area contributed by atoms with Gasteiger partial charge in [-0.3, -0.25) is 0 Å². The monoisotopic (exact) mass is 293 g/mol. The smallest absolute Gasteiger partial charge is 0.228 e. The normalized spacial score (nSPS) is 15.1. The van der Waals surface area contributed by atoms with Crippen LogP contribution in [-0.2, 0) is 6.42 Å². The molecule has 1 aromatic carbocycles. The van der Waals surface area contributed by atoms with E-state index in [4.69, 9.17) is 12.2 Å². The van der Waals surface area contributed by atoms with Crippen LogP contribution in [0.4, 0.5) is 11.9 Å². The van der Waals surface area contributed by atoms with Gasteiger partial charge < -0.3 is 11.1 Å². The van der Waals surface area contributed by atoms with Gasteiger partial charge in [0.25, 0.3) is 0 Å². The van der Waals surface area contributed by atoms with E-state index in [0.29, 0.717) is 17.7 Å². The van der Waals surface area contributed by atoms with Gasteiger partial charge in [-0.05, 0) is 30.4 Å². The van der Waals surface area contributed by atoms with Gasteiger partial charge in [0.2, 0.25) is 11.9 Å². The molecule has 0 aliphatic heterocycles. The van der Waals surface area contributed by atoms with Crippen molar-refractivity contribution in [2.45, 2.75) is 32.2 Å². The number of rotatable bonds is 5. The molecule has 112 valence electrons. The maximum absolute atomic E-state index is 5.76. The Hall–Kier alpha value is -2.61. The molecule has 1 aliphatic carbocycles. The number of benzene rings is 1. The van der Waals surface area contributed by atoms with Gasteiger partial charge in [0.15, 0.2) is 0 Å². The number of terminal acetylenes is 1. The number of anilines is 2. The first-order valence-corrected chi connectivity index (χ1v) is 7.53. The summed E-state index contributed by atoms with van der Waals surface area (Å²) < 4.78 is 0. The zero-order chi connectivity index (χ0) is 15.5. The minimum absolute atomic E-state index is 0.110. The molecule has 1 aromatic heterocycles. The SMILES string of the molecule is C#Cc1ccccc1C(Nc1nc(N)nc(CC)n1)C1CC1. The van der Waals surface area contributed by atoms with Crippen molar-refractivity contribution in [1.29, 1.82) is 0 Å². The highest BCUT2D eigenvalue weighted by atomic mass is 15.2. The molecule has 5 nitrogen and oxygen atoms in total. The van der Waals surface area contributed by atoms with Crippen LogP contribution in [0.1, 0.15) is 42.8 Å². The molecule has 0 bridgehead atoms. The fourth-order valence-corrected chi connectivity index (χ4v) is 2.58. The molecule has 0 saturated heterocycles. The molecule has 3 rings (SSSR count). The summed E-state index contributed by atoms with van der Waals surface area (Å²) in [5.41, 5.74) is 7.79. The van der Waals surface area contributed by atoms with E-state index in [-0.39, 0.29) is 12.0 Å². The van der Waals surface area contributed by atoms with Crippen LogP contribution in [0.15, 0.2) is 24.3 Å². The van der Waals surface area contributed by atoms with Crippen molar-refractivity contribution in [2.75, 3.05) is 11.1 Å². The van der Waals surface area contributed by atoms with E-state index >= 15 is 0 Å². The summed E-state index contributed by atoms with van der Waals surface area (Å²) in [5, 5.41) is 3.41. The molecule has 0 amide bonds. The second-order valence-corrected chi connectivity index (χ2v) is 5.48. The molecule has 2 aromatic rings. The molecular weight excluding hydrogens is 274 g/mol. The van der Waals surface area contributed by atoms with Crippen LogP contribution < -0.4 is 11.1 Å². The lowest BCUT2D eigenvalue weighted by atomic mass is 9.97. The van der Waals surface area contributed by atoms with Crippen LogP contribution in [0, 0.1) is 18.3 Å². The molecule has 1 heterocycles. The van der Waals surface area contributed by atoms with E-state index in [1.165, 1.54) is 12.8 Å². The molecule has 1 saturated carbocycles. The van der Waals surface area contributed by atoms with Crippen molar-refractivity contribution in [3.63, 3.8) is 0 Å². The number of aryl methyl sites for hydroxylation is 1. The second-order valence-electron chi connectivity index (χ2n) is 5.48. The van der Waals surface area contributed by atoms with Crippen LogP contribution in [0.2, 0.25) is 0 Å². The lowest BCUT2D eigenvalue weighted by Gasteiger charge is -2.20. The third kappa shape index (κ3) is 3.01. The average Bonchev–Trinajstić information content (AvgIpc) is 3.37. The number of nitrogens with one attached hydrogen (secondary N) is 1. The quantitative estimate of drug-likeness (QED) is 0.829. The summed E-state index contributed by atoms with van der Waals surface area (Å²) in [4.78, 5) is 12.7. The van der Waals surface area contributed by atoms with Crippen LogP contribution in [0.25, 0.3) is 0 Å². The number of nitrogen functional groups attached to an aromatic ring is 1. The molecule has 1 unspecified atom stereocenters. The molecule has 1 fully saturated rings. The van der Waals surface area contributed by atoms with E-state index in [1.807, 2.05) is 25.1 Å². The Morgan fingerprint density at radius 2 is 2.09 bits per heavy atom. The summed E-state index contributed by atoms with van der Waals surface area (Å²) >= 11 is 0. The number of hydrogen-bond acceptors (Lipinski definition) is 5.